The van der Waals surface area contributed by atoms with E-state index in [0.717, 1.165) is 19.2 Å². The largest absolute Gasteiger partial charge is 0.484 e. The molecule has 1 unspecified atom stereocenters. The van der Waals surface area contributed by atoms with E-state index < -0.39 is 89.7 Å². The van der Waals surface area contributed by atoms with Gasteiger partial charge in [-0.25, -0.2) is 23.7 Å². The van der Waals surface area contributed by atoms with Crippen LogP contribution in [0, 0.1) is 0 Å². The first-order valence-corrected chi connectivity index (χ1v) is 19.5. The average molecular weight is 815 g/mol. The number of rotatable bonds is 19. The molecule has 55 heavy (non-hydrogen) atoms. The van der Waals surface area contributed by atoms with Gasteiger partial charge in [-0.05, 0) is 41.8 Å². The molecule has 1 aliphatic rings. The maximum absolute atomic E-state index is 13.7. The molecule has 2 heterocycles. The molecule has 4 rings (SSSR count). The Balaban J connectivity index is 1.40. The first-order valence-electron chi connectivity index (χ1n) is 16.6. The second-order valence-electron chi connectivity index (χ2n) is 11.7. The zero-order valence-electron chi connectivity index (χ0n) is 29.7. The van der Waals surface area contributed by atoms with Gasteiger partial charge in [-0.1, -0.05) is 44.0 Å². The number of aliphatic hydroxyl groups excluding tert-OH is 2. The van der Waals surface area contributed by atoms with E-state index in [-0.39, 0.29) is 18.1 Å². The quantitative estimate of drug-likeness (QED) is 0.0583. The highest BCUT2D eigenvalue weighted by Crippen LogP contribution is 2.64. The molecule has 1 saturated heterocycles. The second-order valence-corrected chi connectivity index (χ2v) is 15.0. The third-order valence-corrected chi connectivity index (χ3v) is 10.3. The van der Waals surface area contributed by atoms with Crippen LogP contribution in [0.4, 0.5) is 10.7 Å². The third-order valence-electron chi connectivity index (χ3n) is 7.29. The van der Waals surface area contributed by atoms with Crippen LogP contribution >= 0.6 is 15.6 Å². The highest BCUT2D eigenvalue weighted by atomic mass is 31.3. The lowest BCUT2D eigenvalue weighted by Crippen LogP contribution is -2.36. The predicted octanol–water partition coefficient (Wildman–Crippen LogP) is 3.52. The Morgan fingerprint density at radius 1 is 0.873 bits per heavy atom. The summed E-state index contributed by atoms with van der Waals surface area (Å²) in [5.74, 6) is -1.10. The number of nitrogens with zero attached hydrogens (tertiary/aromatic N) is 3. The highest BCUT2D eigenvalue weighted by Gasteiger charge is 2.46. The summed E-state index contributed by atoms with van der Waals surface area (Å²) in [5.41, 5.74) is -0.339. The van der Waals surface area contributed by atoms with Crippen LogP contribution < -0.4 is 20.5 Å². The molecule has 0 saturated carbocycles. The van der Waals surface area contributed by atoms with Gasteiger partial charge in [0.25, 0.3) is 0 Å². The topological polar surface area (TPSA) is 280 Å². The van der Waals surface area contributed by atoms with Gasteiger partial charge >= 0.3 is 39.4 Å². The fourth-order valence-electron chi connectivity index (χ4n) is 4.67. The number of aromatic nitrogens is 3. The zero-order chi connectivity index (χ0) is 40.2. The smallest absolute Gasteiger partial charge is 0.449 e. The van der Waals surface area contributed by atoms with Crippen molar-refractivity contribution in [2.24, 2.45) is 0 Å². The Bertz CT molecular complexity index is 1860. The maximum Gasteiger partial charge on any atom is 0.484 e. The first-order chi connectivity index (χ1) is 26.1. The molecule has 4 N–H and O–H groups in total. The van der Waals surface area contributed by atoms with Crippen molar-refractivity contribution in [1.82, 2.24) is 14.5 Å². The molecular formula is C32H40N4O17P2. The number of amides is 1. The standard InChI is InChI=1S/C32H40N4O17P2/c1-4-5-6-15-46-32(42)35-30-33-19-36(31(41)34-30)29-28(40)27(39)26(52-29)18-47-54(43,44)53-55(45,48-16-22-7-11-24(12-8-22)50-20(2)37)49-17-23-9-13-25(14-10-23)51-21(3)38/h7-14,19,26-29,39-40H,4-6,15-18H2,1-3H3,(H,43,44)(H,34,35,41,42)/t26-,27-,28-,29-/m1/s1. The molecule has 3 aromatic rings. The van der Waals surface area contributed by atoms with Gasteiger partial charge in [0.2, 0.25) is 5.95 Å². The van der Waals surface area contributed by atoms with E-state index in [1.54, 1.807) is 0 Å². The van der Waals surface area contributed by atoms with Crippen molar-refractivity contribution in [1.29, 1.82) is 0 Å². The van der Waals surface area contributed by atoms with Gasteiger partial charge in [0.1, 0.15) is 36.1 Å². The molecule has 300 valence electrons. The summed E-state index contributed by atoms with van der Waals surface area (Å²) in [6.07, 6.45) is -4.36. The number of unbranched alkanes of at least 4 members (excludes halogenated alkanes) is 2. The van der Waals surface area contributed by atoms with Crippen LogP contribution in [-0.2, 0) is 59.3 Å². The Morgan fingerprint density at radius 3 is 1.95 bits per heavy atom. The van der Waals surface area contributed by atoms with Gasteiger partial charge < -0.3 is 34.1 Å². The lowest BCUT2D eigenvalue weighted by Gasteiger charge is -2.22. The Kier molecular flexibility index (Phi) is 15.7. The number of ether oxygens (including phenoxy) is 4. The lowest BCUT2D eigenvalue weighted by molar-refractivity contribution is -0.132. The summed E-state index contributed by atoms with van der Waals surface area (Å²) in [6.45, 7) is 2.62. The number of phosphoric acid groups is 2. The summed E-state index contributed by atoms with van der Waals surface area (Å²) < 4.78 is 68.5. The normalized spacial score (nSPS) is 19.3. The summed E-state index contributed by atoms with van der Waals surface area (Å²) in [4.78, 5) is 65.1. The Labute approximate surface area is 313 Å². The molecule has 0 radical (unpaired) electrons. The van der Waals surface area contributed by atoms with Gasteiger partial charge in [-0.15, -0.1) is 0 Å². The number of hydrogen-bond donors (Lipinski definition) is 4. The van der Waals surface area contributed by atoms with E-state index >= 15 is 0 Å². The van der Waals surface area contributed by atoms with E-state index in [0.29, 0.717) is 22.1 Å². The number of benzene rings is 2. The molecule has 5 atom stereocenters. The minimum atomic E-state index is -5.38. The van der Waals surface area contributed by atoms with Crippen molar-refractivity contribution in [2.45, 2.75) is 77.8 Å². The van der Waals surface area contributed by atoms with Crippen molar-refractivity contribution in [3.05, 3.63) is 76.5 Å². The zero-order valence-corrected chi connectivity index (χ0v) is 31.5. The van der Waals surface area contributed by atoms with Crippen LogP contribution in [0.25, 0.3) is 0 Å². The van der Waals surface area contributed by atoms with Crippen molar-refractivity contribution >= 4 is 39.6 Å². The molecule has 21 nitrogen and oxygen atoms in total. The average Bonchev–Trinajstić information content (AvgIpc) is 3.40. The molecule has 0 aliphatic carbocycles. The minimum Gasteiger partial charge on any atom is -0.449 e. The van der Waals surface area contributed by atoms with Crippen LogP contribution in [0.2, 0.25) is 0 Å². The van der Waals surface area contributed by atoms with Gasteiger partial charge in [0.15, 0.2) is 6.23 Å². The molecule has 1 aromatic heterocycles. The van der Waals surface area contributed by atoms with E-state index in [4.69, 9.17) is 36.8 Å². The van der Waals surface area contributed by atoms with E-state index in [9.17, 15) is 43.4 Å². The number of carbonyl (C=O) groups excluding carboxylic acids is 3. The molecular weight excluding hydrogens is 774 g/mol. The van der Waals surface area contributed by atoms with Crippen LogP contribution in [0.5, 0.6) is 11.5 Å². The Hall–Kier alpha value is -4.40. The number of nitrogens with one attached hydrogen (secondary N) is 1. The molecule has 0 bridgehead atoms. The highest BCUT2D eigenvalue weighted by molar-refractivity contribution is 7.61. The SMILES string of the molecule is CCCCCOC(=O)Nc1ncn([C@@H]2O[C@H](COP(=O)(O)OP(=O)(OCc3ccc(OC(C)=O)cc3)OCc3ccc(OC(C)=O)cc3)[C@@H](O)[C@H]2O)c(=O)n1. The van der Waals surface area contributed by atoms with Gasteiger partial charge in [-0.2, -0.15) is 9.29 Å². The van der Waals surface area contributed by atoms with Gasteiger partial charge in [0, 0.05) is 13.8 Å². The van der Waals surface area contributed by atoms with E-state index in [1.807, 2.05) is 6.92 Å². The first kappa shape index (κ1) is 43.3. The molecule has 2 aromatic carbocycles. The molecule has 0 spiro atoms. The van der Waals surface area contributed by atoms with Crippen LogP contribution in [0.1, 0.15) is 57.4 Å². The molecule has 23 heteroatoms. The van der Waals surface area contributed by atoms with Crippen LogP contribution in [0.15, 0.2) is 59.7 Å². The number of anilines is 1. The lowest BCUT2D eigenvalue weighted by atomic mass is 10.1. The van der Waals surface area contributed by atoms with Gasteiger partial charge in [-0.3, -0.25) is 33.0 Å². The molecule has 1 fully saturated rings. The van der Waals surface area contributed by atoms with Crippen LogP contribution in [0.3, 0.4) is 0 Å². The Morgan fingerprint density at radius 2 is 1.44 bits per heavy atom. The molecule has 1 aliphatic heterocycles. The summed E-state index contributed by atoms with van der Waals surface area (Å²) >= 11 is 0. The van der Waals surface area contributed by atoms with E-state index in [1.165, 1.54) is 62.4 Å². The fraction of sp³-hybridized carbons (Fsp3) is 0.438. The van der Waals surface area contributed by atoms with Crippen molar-refractivity contribution in [2.75, 3.05) is 18.5 Å². The molecule has 1 amide bonds. The summed E-state index contributed by atoms with van der Waals surface area (Å²) in [6, 6.07) is 11.5. The summed E-state index contributed by atoms with van der Waals surface area (Å²) in [7, 11) is -10.4. The monoisotopic (exact) mass is 814 g/mol. The third kappa shape index (κ3) is 13.7. The van der Waals surface area contributed by atoms with E-state index in [2.05, 4.69) is 15.3 Å². The number of aliphatic hydroxyl groups is 2. The fourth-order valence-corrected chi connectivity index (χ4v) is 7.27. The van der Waals surface area contributed by atoms with Crippen molar-refractivity contribution < 1.29 is 75.4 Å². The van der Waals surface area contributed by atoms with Gasteiger partial charge in [0.05, 0.1) is 26.4 Å². The number of hydrogen-bond acceptors (Lipinski definition) is 18. The summed E-state index contributed by atoms with van der Waals surface area (Å²) in [5, 5.41) is 23.4. The van der Waals surface area contributed by atoms with Crippen molar-refractivity contribution in [3.63, 3.8) is 0 Å². The predicted molar refractivity (Wildman–Crippen MR) is 186 cm³/mol. The van der Waals surface area contributed by atoms with Crippen molar-refractivity contribution in [3.8, 4) is 11.5 Å². The minimum absolute atomic E-state index is 0.146. The second kappa shape index (κ2) is 20.0. The number of esters is 2. The maximum atomic E-state index is 13.7. The number of carbonyl (C=O) groups is 3. The number of phosphoric ester groups is 2. The van der Waals surface area contributed by atoms with Crippen LogP contribution in [-0.4, -0.2) is 79.2 Å².